The van der Waals surface area contributed by atoms with Gasteiger partial charge in [-0.1, -0.05) is 66.7 Å². The normalized spacial score (nSPS) is 15.8. The number of hydrogen-bond acceptors (Lipinski definition) is 5. The van der Waals surface area contributed by atoms with Gasteiger partial charge in [-0.2, -0.15) is 0 Å². The summed E-state index contributed by atoms with van der Waals surface area (Å²) in [5, 5.41) is 0. The summed E-state index contributed by atoms with van der Waals surface area (Å²) in [4.78, 5) is 26.8. The summed E-state index contributed by atoms with van der Waals surface area (Å²) in [5.41, 5.74) is 3.52. The van der Waals surface area contributed by atoms with Gasteiger partial charge in [0.1, 0.15) is 18.5 Å². The van der Waals surface area contributed by atoms with Crippen LogP contribution in [-0.4, -0.2) is 56.1 Å². The van der Waals surface area contributed by atoms with E-state index in [0.717, 1.165) is 16.7 Å². The Labute approximate surface area is 218 Å². The number of rotatable bonds is 10. The Morgan fingerprint density at radius 1 is 1.00 bits per heavy atom. The SMILES string of the molecule is COc1cc(CCC(C)=O)ccc1OCC1CN(C(=O)C(=Cc2ccccc2)c2ccccc2)CCO1. The third kappa shape index (κ3) is 7.30. The van der Waals surface area contributed by atoms with Crippen LogP contribution in [0.1, 0.15) is 30.0 Å². The number of nitrogens with zero attached hydrogens (tertiary/aromatic N) is 1. The summed E-state index contributed by atoms with van der Waals surface area (Å²) >= 11 is 0. The first kappa shape index (κ1) is 26.2. The number of benzene rings is 3. The lowest BCUT2D eigenvalue weighted by Gasteiger charge is -2.33. The smallest absolute Gasteiger partial charge is 0.254 e. The molecular formula is C31H33NO5. The van der Waals surface area contributed by atoms with Gasteiger partial charge in [0.05, 0.1) is 20.3 Å². The molecule has 1 atom stereocenters. The fraction of sp³-hybridized carbons (Fsp3) is 0.290. The van der Waals surface area contributed by atoms with Crippen LogP contribution in [0.5, 0.6) is 11.5 Å². The average Bonchev–Trinajstić information content (AvgIpc) is 2.94. The minimum Gasteiger partial charge on any atom is -0.493 e. The third-order valence-electron chi connectivity index (χ3n) is 6.27. The Morgan fingerprint density at radius 2 is 1.73 bits per heavy atom. The van der Waals surface area contributed by atoms with Gasteiger partial charge in [0.15, 0.2) is 11.5 Å². The van der Waals surface area contributed by atoms with E-state index < -0.39 is 0 Å². The fourth-order valence-corrected chi connectivity index (χ4v) is 4.27. The molecule has 1 unspecified atom stereocenters. The minimum absolute atomic E-state index is 0.0317. The molecule has 1 amide bonds. The highest BCUT2D eigenvalue weighted by Crippen LogP contribution is 2.29. The van der Waals surface area contributed by atoms with Gasteiger partial charge in [0.25, 0.3) is 5.91 Å². The van der Waals surface area contributed by atoms with Gasteiger partial charge in [-0.3, -0.25) is 4.79 Å². The number of carbonyl (C=O) groups excluding carboxylic acids is 2. The maximum Gasteiger partial charge on any atom is 0.254 e. The summed E-state index contributed by atoms with van der Waals surface area (Å²) in [6.07, 6.45) is 2.83. The molecule has 1 fully saturated rings. The molecule has 3 aromatic carbocycles. The Bertz CT molecular complexity index is 1220. The molecule has 0 bridgehead atoms. The molecule has 0 saturated carbocycles. The summed E-state index contributed by atoms with van der Waals surface area (Å²) in [7, 11) is 1.60. The van der Waals surface area contributed by atoms with E-state index in [1.54, 1.807) is 14.0 Å². The van der Waals surface area contributed by atoms with Crippen molar-refractivity contribution in [1.29, 1.82) is 0 Å². The monoisotopic (exact) mass is 499 g/mol. The van der Waals surface area contributed by atoms with Gasteiger partial charge < -0.3 is 23.9 Å². The van der Waals surface area contributed by atoms with E-state index in [1.165, 1.54) is 0 Å². The predicted molar refractivity (Wildman–Crippen MR) is 145 cm³/mol. The Hall–Kier alpha value is -3.90. The number of methoxy groups -OCH3 is 1. The maximum atomic E-state index is 13.7. The van der Waals surface area contributed by atoms with Crippen LogP contribution in [-0.2, 0) is 20.7 Å². The number of carbonyl (C=O) groups is 2. The highest BCUT2D eigenvalue weighted by atomic mass is 16.5. The van der Waals surface area contributed by atoms with E-state index in [9.17, 15) is 9.59 Å². The van der Waals surface area contributed by atoms with E-state index in [-0.39, 0.29) is 24.4 Å². The van der Waals surface area contributed by atoms with Crippen molar-refractivity contribution in [1.82, 2.24) is 4.90 Å². The van der Waals surface area contributed by atoms with Crippen molar-refractivity contribution in [2.24, 2.45) is 0 Å². The van der Waals surface area contributed by atoms with Crippen LogP contribution in [0.4, 0.5) is 0 Å². The number of morpholine rings is 1. The molecule has 0 aliphatic carbocycles. The van der Waals surface area contributed by atoms with Crippen molar-refractivity contribution in [2.75, 3.05) is 33.4 Å². The molecule has 0 spiro atoms. The highest BCUT2D eigenvalue weighted by molar-refractivity contribution is 6.24. The largest absolute Gasteiger partial charge is 0.493 e. The van der Waals surface area contributed by atoms with Crippen molar-refractivity contribution in [3.05, 3.63) is 95.6 Å². The number of ketones is 1. The Morgan fingerprint density at radius 3 is 2.43 bits per heavy atom. The van der Waals surface area contributed by atoms with Crippen LogP contribution in [0.15, 0.2) is 78.9 Å². The fourth-order valence-electron chi connectivity index (χ4n) is 4.27. The Balaban J connectivity index is 1.44. The molecule has 37 heavy (non-hydrogen) atoms. The number of Topliss-reactive ketones (excluding diaryl/α,β-unsaturated/α-hetero) is 1. The van der Waals surface area contributed by atoms with Crippen molar-refractivity contribution in [3.63, 3.8) is 0 Å². The van der Waals surface area contributed by atoms with Gasteiger partial charge in [-0.15, -0.1) is 0 Å². The van der Waals surface area contributed by atoms with Crippen LogP contribution in [0, 0.1) is 0 Å². The van der Waals surface area contributed by atoms with Crippen molar-refractivity contribution < 1.29 is 23.8 Å². The first-order valence-corrected chi connectivity index (χ1v) is 12.6. The van der Waals surface area contributed by atoms with E-state index >= 15 is 0 Å². The van der Waals surface area contributed by atoms with Gasteiger partial charge in [-0.05, 0) is 48.2 Å². The van der Waals surface area contributed by atoms with Crippen LogP contribution in [0.3, 0.4) is 0 Å². The van der Waals surface area contributed by atoms with Gasteiger partial charge in [0, 0.05) is 18.5 Å². The van der Waals surface area contributed by atoms with E-state index in [1.807, 2.05) is 89.8 Å². The van der Waals surface area contributed by atoms with Crippen LogP contribution >= 0.6 is 0 Å². The lowest BCUT2D eigenvalue weighted by molar-refractivity contribution is -0.133. The van der Waals surface area contributed by atoms with Crippen molar-refractivity contribution >= 4 is 23.3 Å². The number of hydrogen-bond donors (Lipinski definition) is 0. The van der Waals surface area contributed by atoms with Crippen molar-refractivity contribution in [3.8, 4) is 11.5 Å². The zero-order chi connectivity index (χ0) is 26.0. The first-order chi connectivity index (χ1) is 18.0. The van der Waals surface area contributed by atoms with Crippen LogP contribution in [0.2, 0.25) is 0 Å². The topological polar surface area (TPSA) is 65.1 Å². The van der Waals surface area contributed by atoms with Gasteiger partial charge in [-0.25, -0.2) is 0 Å². The number of aryl methyl sites for hydroxylation is 1. The predicted octanol–water partition coefficient (Wildman–Crippen LogP) is 5.06. The van der Waals surface area contributed by atoms with Gasteiger partial charge >= 0.3 is 0 Å². The molecule has 1 saturated heterocycles. The van der Waals surface area contributed by atoms with Crippen LogP contribution < -0.4 is 9.47 Å². The molecule has 0 N–H and O–H groups in total. The lowest BCUT2D eigenvalue weighted by Crippen LogP contribution is -2.47. The second-order valence-corrected chi connectivity index (χ2v) is 9.08. The van der Waals surface area contributed by atoms with E-state index in [0.29, 0.717) is 49.6 Å². The molecule has 3 aromatic rings. The molecule has 6 heteroatoms. The Kier molecular flexibility index (Phi) is 9.11. The number of ether oxygens (including phenoxy) is 3. The molecule has 4 rings (SSSR count). The molecule has 1 heterocycles. The molecule has 0 radical (unpaired) electrons. The lowest BCUT2D eigenvalue weighted by atomic mass is 10.0. The molecule has 1 aliphatic heterocycles. The zero-order valence-electron chi connectivity index (χ0n) is 21.4. The summed E-state index contributed by atoms with van der Waals surface area (Å²) < 4.78 is 17.5. The molecule has 6 nitrogen and oxygen atoms in total. The zero-order valence-corrected chi connectivity index (χ0v) is 21.4. The average molecular weight is 500 g/mol. The molecule has 0 aromatic heterocycles. The summed E-state index contributed by atoms with van der Waals surface area (Å²) in [5.74, 6) is 1.34. The summed E-state index contributed by atoms with van der Waals surface area (Å²) in [6.45, 7) is 3.26. The third-order valence-corrected chi connectivity index (χ3v) is 6.27. The second kappa shape index (κ2) is 12.9. The second-order valence-electron chi connectivity index (χ2n) is 9.08. The first-order valence-electron chi connectivity index (χ1n) is 12.6. The standard InChI is InChI=1S/C31H33NO5/c1-23(33)13-14-25-15-16-29(30(20-25)35-2)37-22-27-21-32(17-18-36-27)31(34)28(26-11-7-4-8-12-26)19-24-9-5-3-6-10-24/h3-12,15-16,19-20,27H,13-14,17-18,21-22H2,1-2H3. The minimum atomic E-state index is -0.270. The molecule has 1 aliphatic rings. The molecule has 192 valence electrons. The van der Waals surface area contributed by atoms with E-state index in [2.05, 4.69) is 0 Å². The highest BCUT2D eigenvalue weighted by Gasteiger charge is 2.27. The van der Waals surface area contributed by atoms with Crippen LogP contribution in [0.25, 0.3) is 11.6 Å². The van der Waals surface area contributed by atoms with E-state index in [4.69, 9.17) is 14.2 Å². The summed E-state index contributed by atoms with van der Waals surface area (Å²) in [6, 6.07) is 25.3. The van der Waals surface area contributed by atoms with Crippen molar-refractivity contribution in [2.45, 2.75) is 25.9 Å². The number of amides is 1. The maximum absolute atomic E-state index is 13.7. The molecular weight excluding hydrogens is 466 g/mol. The quantitative estimate of drug-likeness (QED) is 0.288. The van der Waals surface area contributed by atoms with Gasteiger partial charge in [0.2, 0.25) is 0 Å².